The molecular formula is C19H15F4NO. The monoisotopic (exact) mass is 349 g/mol. The number of alkyl halides is 3. The van der Waals surface area contributed by atoms with E-state index in [0.29, 0.717) is 11.9 Å². The van der Waals surface area contributed by atoms with Crippen molar-refractivity contribution < 1.29 is 22.4 Å². The van der Waals surface area contributed by atoms with Crippen LogP contribution in [0, 0.1) is 5.82 Å². The van der Waals surface area contributed by atoms with Crippen LogP contribution >= 0.6 is 0 Å². The van der Waals surface area contributed by atoms with Gasteiger partial charge >= 0.3 is 6.18 Å². The first-order valence-corrected chi connectivity index (χ1v) is 7.78. The Hall–Kier alpha value is -2.63. The van der Waals surface area contributed by atoms with Crippen LogP contribution in [0.15, 0.2) is 48.7 Å². The summed E-state index contributed by atoms with van der Waals surface area (Å²) >= 11 is 0. The summed E-state index contributed by atoms with van der Waals surface area (Å²) in [5, 5.41) is 0.281. The number of aryl methyl sites for hydroxylation is 1. The molecule has 1 heterocycles. The predicted octanol–water partition coefficient (Wildman–Crippen LogP) is 5.14. The molecule has 0 spiro atoms. The number of ketones is 1. The zero-order valence-electron chi connectivity index (χ0n) is 13.4. The highest BCUT2D eigenvalue weighted by Gasteiger charge is 2.41. The summed E-state index contributed by atoms with van der Waals surface area (Å²) in [5.41, 5.74) is 1.82. The molecule has 0 atom stereocenters. The number of hydrogen-bond acceptors (Lipinski definition) is 1. The van der Waals surface area contributed by atoms with E-state index in [1.54, 1.807) is 22.8 Å². The van der Waals surface area contributed by atoms with E-state index in [2.05, 4.69) is 0 Å². The van der Waals surface area contributed by atoms with Crippen LogP contribution in [-0.2, 0) is 13.0 Å². The van der Waals surface area contributed by atoms with Crippen LogP contribution < -0.4 is 0 Å². The van der Waals surface area contributed by atoms with E-state index in [1.807, 2.05) is 13.0 Å². The van der Waals surface area contributed by atoms with Crippen molar-refractivity contribution in [2.75, 3.05) is 0 Å². The third-order valence-electron chi connectivity index (χ3n) is 4.13. The maximum absolute atomic E-state index is 13.1. The van der Waals surface area contributed by atoms with Gasteiger partial charge in [-0.15, -0.1) is 0 Å². The normalized spacial score (nSPS) is 11.9. The first kappa shape index (κ1) is 17.2. The van der Waals surface area contributed by atoms with Crippen LogP contribution in [0.3, 0.4) is 0 Å². The predicted molar refractivity (Wildman–Crippen MR) is 87.2 cm³/mol. The second-order valence-electron chi connectivity index (χ2n) is 5.79. The Kier molecular flexibility index (Phi) is 4.37. The van der Waals surface area contributed by atoms with E-state index in [-0.39, 0.29) is 23.3 Å². The fraction of sp³-hybridized carbons (Fsp3) is 0.211. The van der Waals surface area contributed by atoms with E-state index >= 15 is 0 Å². The summed E-state index contributed by atoms with van der Waals surface area (Å²) in [6, 6.07) is 10.7. The third kappa shape index (κ3) is 3.29. The molecule has 2 nitrogen and oxygen atoms in total. The van der Waals surface area contributed by atoms with Crippen molar-refractivity contribution in [1.82, 2.24) is 4.57 Å². The zero-order chi connectivity index (χ0) is 18.2. The third-order valence-corrected chi connectivity index (χ3v) is 4.13. The molecule has 0 saturated carbocycles. The highest BCUT2D eigenvalue weighted by atomic mass is 19.4. The Morgan fingerprint density at radius 3 is 2.36 bits per heavy atom. The molecule has 130 valence electrons. The van der Waals surface area contributed by atoms with Gasteiger partial charge in [0.05, 0.1) is 11.1 Å². The van der Waals surface area contributed by atoms with E-state index in [4.69, 9.17) is 0 Å². The zero-order valence-corrected chi connectivity index (χ0v) is 13.4. The second-order valence-corrected chi connectivity index (χ2v) is 5.79. The summed E-state index contributed by atoms with van der Waals surface area (Å²) in [6.45, 7) is 2.15. The number of Topliss-reactive ketones (excluding diaryl/α,β-unsaturated/α-hetero) is 1. The molecule has 0 N–H and O–H groups in total. The van der Waals surface area contributed by atoms with Crippen LogP contribution in [0.5, 0.6) is 0 Å². The molecule has 2 aromatic carbocycles. The second kappa shape index (κ2) is 6.35. The average molecular weight is 349 g/mol. The van der Waals surface area contributed by atoms with Crippen molar-refractivity contribution in [3.05, 3.63) is 71.2 Å². The lowest BCUT2D eigenvalue weighted by Crippen LogP contribution is -2.22. The fourth-order valence-electron chi connectivity index (χ4n) is 2.97. The number of halogens is 4. The summed E-state index contributed by atoms with van der Waals surface area (Å²) in [6.07, 6.45) is -3.08. The average Bonchev–Trinajstić information content (AvgIpc) is 2.94. The van der Waals surface area contributed by atoms with Gasteiger partial charge in [-0.3, -0.25) is 4.79 Å². The number of fused-ring (bicyclic) bond motifs is 1. The van der Waals surface area contributed by atoms with Crippen LogP contribution in [0.25, 0.3) is 10.9 Å². The van der Waals surface area contributed by atoms with Crippen molar-refractivity contribution in [3.63, 3.8) is 0 Å². The molecule has 25 heavy (non-hydrogen) atoms. The van der Waals surface area contributed by atoms with Gasteiger partial charge in [-0.25, -0.2) is 4.39 Å². The highest BCUT2D eigenvalue weighted by Crippen LogP contribution is 2.31. The summed E-state index contributed by atoms with van der Waals surface area (Å²) in [4.78, 5) is 11.8. The number of aromatic nitrogens is 1. The topological polar surface area (TPSA) is 22.0 Å². The van der Waals surface area contributed by atoms with E-state index in [1.165, 1.54) is 24.4 Å². The van der Waals surface area contributed by atoms with Gasteiger partial charge in [0.1, 0.15) is 5.82 Å². The van der Waals surface area contributed by atoms with Gasteiger partial charge in [-0.2, -0.15) is 13.2 Å². The molecular weight excluding hydrogens is 334 g/mol. The van der Waals surface area contributed by atoms with Crippen LogP contribution in [-0.4, -0.2) is 16.5 Å². The number of para-hydroxylation sites is 1. The maximum Gasteiger partial charge on any atom is 0.454 e. The number of benzene rings is 2. The van der Waals surface area contributed by atoms with E-state index in [9.17, 15) is 22.4 Å². The minimum atomic E-state index is -4.93. The van der Waals surface area contributed by atoms with E-state index in [0.717, 1.165) is 11.1 Å². The van der Waals surface area contributed by atoms with E-state index < -0.39 is 12.0 Å². The molecule has 6 heteroatoms. The summed E-state index contributed by atoms with van der Waals surface area (Å²) in [5.74, 6) is -2.24. The molecule has 0 saturated heterocycles. The molecule has 0 amide bonds. The van der Waals surface area contributed by atoms with Crippen molar-refractivity contribution in [2.24, 2.45) is 0 Å². The number of carbonyl (C=O) groups is 1. The van der Waals surface area contributed by atoms with Crippen molar-refractivity contribution in [2.45, 2.75) is 26.1 Å². The lowest BCUT2D eigenvalue weighted by atomic mass is 10.0. The number of hydrogen-bond donors (Lipinski definition) is 0. The van der Waals surface area contributed by atoms with Crippen LogP contribution in [0.1, 0.15) is 28.4 Å². The Morgan fingerprint density at radius 1 is 1.08 bits per heavy atom. The highest BCUT2D eigenvalue weighted by molar-refractivity contribution is 6.11. The van der Waals surface area contributed by atoms with Gasteiger partial charge in [0.15, 0.2) is 0 Å². The fourth-order valence-corrected chi connectivity index (χ4v) is 2.97. The molecule has 3 rings (SSSR count). The minimum Gasteiger partial charge on any atom is -0.342 e. The quantitative estimate of drug-likeness (QED) is 0.472. The van der Waals surface area contributed by atoms with Gasteiger partial charge in [-0.05, 0) is 29.7 Å². The van der Waals surface area contributed by atoms with Gasteiger partial charge in [0.2, 0.25) is 0 Å². The van der Waals surface area contributed by atoms with Crippen LogP contribution in [0.2, 0.25) is 0 Å². The van der Waals surface area contributed by atoms with Gasteiger partial charge in [-0.1, -0.05) is 37.3 Å². The largest absolute Gasteiger partial charge is 0.454 e. The molecule has 0 aliphatic rings. The lowest BCUT2D eigenvalue weighted by Gasteiger charge is -2.09. The van der Waals surface area contributed by atoms with Crippen molar-refractivity contribution in [1.29, 1.82) is 0 Å². The molecule has 0 aliphatic carbocycles. The molecule has 0 unspecified atom stereocenters. The Balaban J connectivity index is 2.17. The number of carbonyl (C=O) groups excluding carboxylic acids is 1. The van der Waals surface area contributed by atoms with Crippen molar-refractivity contribution >= 4 is 16.7 Å². The number of rotatable bonds is 4. The molecule has 0 bridgehead atoms. The lowest BCUT2D eigenvalue weighted by molar-refractivity contribution is -0.0884. The molecule has 0 aliphatic heterocycles. The maximum atomic E-state index is 13.1. The summed E-state index contributed by atoms with van der Waals surface area (Å²) in [7, 11) is 0. The molecule has 1 aromatic heterocycles. The SMILES string of the molecule is CCc1cccc2c(C(=O)C(F)(F)F)cn(Cc3ccc(F)cc3)c12. The Morgan fingerprint density at radius 2 is 1.76 bits per heavy atom. The Labute approximate surface area is 141 Å². The standard InChI is InChI=1S/C19H15F4NO/c1-2-13-4-3-5-15-16(18(25)19(21,22)23)11-24(17(13)15)10-12-6-8-14(20)9-7-12/h3-9,11H,2,10H2,1H3. The molecule has 0 radical (unpaired) electrons. The van der Waals surface area contributed by atoms with Gasteiger partial charge in [0.25, 0.3) is 5.78 Å². The van der Waals surface area contributed by atoms with Crippen LogP contribution in [0.4, 0.5) is 17.6 Å². The Bertz CT molecular complexity index is 923. The minimum absolute atomic E-state index is 0.249. The first-order chi connectivity index (χ1) is 11.8. The first-order valence-electron chi connectivity index (χ1n) is 7.78. The number of nitrogens with zero attached hydrogens (tertiary/aromatic N) is 1. The molecule has 0 fully saturated rings. The van der Waals surface area contributed by atoms with Gasteiger partial charge in [0, 0.05) is 18.1 Å². The summed E-state index contributed by atoms with van der Waals surface area (Å²) < 4.78 is 53.5. The van der Waals surface area contributed by atoms with Crippen molar-refractivity contribution in [3.8, 4) is 0 Å². The smallest absolute Gasteiger partial charge is 0.342 e. The van der Waals surface area contributed by atoms with Gasteiger partial charge < -0.3 is 4.57 Å². The molecule has 3 aromatic rings.